The molecule has 0 aliphatic heterocycles. The normalized spacial score (nSPS) is 13.8. The van der Waals surface area contributed by atoms with E-state index in [-0.39, 0.29) is 17.7 Å². The molecular weight excluding hydrogens is 222 g/mol. The maximum absolute atomic E-state index is 11.9. The monoisotopic (exact) mass is 239 g/mol. The van der Waals surface area contributed by atoms with Crippen molar-refractivity contribution in [2.45, 2.75) is 13.8 Å². The zero-order chi connectivity index (χ0) is 13.0. The van der Waals surface area contributed by atoms with Crippen LogP contribution in [0.5, 0.6) is 0 Å². The molecule has 0 saturated heterocycles. The standard InChI is InChI=1S/C10H17N5O2/c1-6(2)8(9(11)14-17)10(16)12-7-4-5-15(3)13-7/h4-6,8,17H,1-3H3,(H2,11,14)(H,12,13,16). The Morgan fingerprint density at radius 3 is 2.71 bits per heavy atom. The van der Waals surface area contributed by atoms with Gasteiger partial charge < -0.3 is 16.3 Å². The van der Waals surface area contributed by atoms with Gasteiger partial charge in [0.15, 0.2) is 11.7 Å². The molecule has 4 N–H and O–H groups in total. The lowest BCUT2D eigenvalue weighted by atomic mass is 9.94. The molecule has 1 aromatic heterocycles. The molecule has 1 unspecified atom stereocenters. The number of aromatic nitrogens is 2. The number of anilines is 1. The van der Waals surface area contributed by atoms with Crippen molar-refractivity contribution in [2.24, 2.45) is 29.8 Å². The van der Waals surface area contributed by atoms with Gasteiger partial charge in [0.2, 0.25) is 5.91 Å². The highest BCUT2D eigenvalue weighted by molar-refractivity contribution is 6.07. The lowest BCUT2D eigenvalue weighted by molar-refractivity contribution is -0.119. The number of nitrogens with zero attached hydrogens (tertiary/aromatic N) is 3. The molecule has 94 valence electrons. The van der Waals surface area contributed by atoms with Crippen LogP contribution in [0.25, 0.3) is 0 Å². The van der Waals surface area contributed by atoms with Gasteiger partial charge in [-0.15, -0.1) is 0 Å². The van der Waals surface area contributed by atoms with E-state index in [9.17, 15) is 4.79 Å². The van der Waals surface area contributed by atoms with E-state index in [1.54, 1.807) is 24.0 Å². The summed E-state index contributed by atoms with van der Waals surface area (Å²) in [7, 11) is 1.75. The van der Waals surface area contributed by atoms with Gasteiger partial charge in [-0.25, -0.2) is 0 Å². The maximum atomic E-state index is 11.9. The zero-order valence-corrected chi connectivity index (χ0v) is 10.1. The molecule has 7 nitrogen and oxygen atoms in total. The molecule has 1 heterocycles. The summed E-state index contributed by atoms with van der Waals surface area (Å²) in [6.07, 6.45) is 1.71. The Labute approximate surface area is 99.3 Å². The van der Waals surface area contributed by atoms with E-state index in [1.807, 2.05) is 13.8 Å². The van der Waals surface area contributed by atoms with E-state index < -0.39 is 5.92 Å². The fraction of sp³-hybridized carbons (Fsp3) is 0.500. The minimum absolute atomic E-state index is 0.0744. The molecule has 0 radical (unpaired) electrons. The first-order valence-electron chi connectivity index (χ1n) is 5.23. The molecule has 0 aromatic carbocycles. The van der Waals surface area contributed by atoms with Crippen molar-refractivity contribution in [2.75, 3.05) is 5.32 Å². The van der Waals surface area contributed by atoms with Crippen molar-refractivity contribution >= 4 is 17.6 Å². The van der Waals surface area contributed by atoms with Crippen LogP contribution in [0, 0.1) is 11.8 Å². The van der Waals surface area contributed by atoms with Crippen LogP contribution in [0.1, 0.15) is 13.8 Å². The van der Waals surface area contributed by atoms with Crippen LogP contribution >= 0.6 is 0 Å². The van der Waals surface area contributed by atoms with Crippen LogP contribution in [0.2, 0.25) is 0 Å². The number of hydrogen-bond donors (Lipinski definition) is 3. The minimum atomic E-state index is -0.679. The highest BCUT2D eigenvalue weighted by Crippen LogP contribution is 2.14. The largest absolute Gasteiger partial charge is 0.409 e. The van der Waals surface area contributed by atoms with Crippen molar-refractivity contribution in [3.63, 3.8) is 0 Å². The molecule has 1 aromatic rings. The van der Waals surface area contributed by atoms with Crippen LogP contribution in [0.3, 0.4) is 0 Å². The molecule has 1 rings (SSSR count). The van der Waals surface area contributed by atoms with E-state index in [0.717, 1.165) is 0 Å². The molecule has 0 aliphatic carbocycles. The second kappa shape index (κ2) is 5.33. The Morgan fingerprint density at radius 2 is 2.29 bits per heavy atom. The van der Waals surface area contributed by atoms with E-state index in [1.165, 1.54) is 0 Å². The Kier molecular flexibility index (Phi) is 4.08. The first-order chi connectivity index (χ1) is 7.95. The first kappa shape index (κ1) is 13.0. The SMILES string of the molecule is CC(C)C(C(=O)Nc1ccn(C)n1)C(N)=NO. The number of amides is 1. The second-order valence-corrected chi connectivity index (χ2v) is 4.11. The van der Waals surface area contributed by atoms with Gasteiger partial charge in [0, 0.05) is 19.3 Å². The van der Waals surface area contributed by atoms with Gasteiger partial charge in [-0.2, -0.15) is 5.10 Å². The molecule has 1 amide bonds. The van der Waals surface area contributed by atoms with Gasteiger partial charge in [0.25, 0.3) is 0 Å². The van der Waals surface area contributed by atoms with Crippen molar-refractivity contribution in [3.8, 4) is 0 Å². The summed E-state index contributed by atoms with van der Waals surface area (Å²) in [5, 5.41) is 18.2. The molecular formula is C10H17N5O2. The lowest BCUT2D eigenvalue weighted by Gasteiger charge is -2.17. The fourth-order valence-corrected chi connectivity index (χ4v) is 1.53. The van der Waals surface area contributed by atoms with Gasteiger partial charge in [-0.05, 0) is 5.92 Å². The molecule has 0 aliphatic rings. The van der Waals surface area contributed by atoms with Crippen LogP contribution in [-0.4, -0.2) is 26.7 Å². The third-order valence-electron chi connectivity index (χ3n) is 2.35. The van der Waals surface area contributed by atoms with Crippen molar-refractivity contribution in [1.82, 2.24) is 9.78 Å². The van der Waals surface area contributed by atoms with Crippen LogP contribution < -0.4 is 11.1 Å². The number of oxime groups is 1. The predicted molar refractivity (Wildman–Crippen MR) is 63.6 cm³/mol. The van der Waals surface area contributed by atoms with E-state index in [2.05, 4.69) is 15.6 Å². The number of carbonyl (C=O) groups is 1. The summed E-state index contributed by atoms with van der Waals surface area (Å²) in [6, 6.07) is 1.67. The summed E-state index contributed by atoms with van der Waals surface area (Å²) in [5.74, 6) is -0.757. The van der Waals surface area contributed by atoms with E-state index in [0.29, 0.717) is 5.82 Å². The van der Waals surface area contributed by atoms with Crippen LogP contribution in [-0.2, 0) is 11.8 Å². The maximum Gasteiger partial charge on any atom is 0.236 e. The van der Waals surface area contributed by atoms with Gasteiger partial charge in [-0.1, -0.05) is 19.0 Å². The summed E-state index contributed by atoms with van der Waals surface area (Å²) >= 11 is 0. The molecule has 0 bridgehead atoms. The van der Waals surface area contributed by atoms with Crippen LogP contribution in [0.15, 0.2) is 17.4 Å². The summed E-state index contributed by atoms with van der Waals surface area (Å²) in [4.78, 5) is 11.9. The Bertz CT molecular complexity index is 424. The average molecular weight is 239 g/mol. The van der Waals surface area contributed by atoms with Gasteiger partial charge in [0.05, 0.1) is 0 Å². The number of nitrogens with two attached hydrogens (primary N) is 1. The Hall–Kier alpha value is -2.05. The minimum Gasteiger partial charge on any atom is -0.409 e. The summed E-state index contributed by atoms with van der Waals surface area (Å²) in [6.45, 7) is 3.64. The summed E-state index contributed by atoms with van der Waals surface area (Å²) < 4.78 is 1.57. The van der Waals surface area contributed by atoms with Crippen LogP contribution in [0.4, 0.5) is 5.82 Å². The smallest absolute Gasteiger partial charge is 0.236 e. The highest BCUT2D eigenvalue weighted by Gasteiger charge is 2.27. The van der Waals surface area contributed by atoms with Gasteiger partial charge in [0.1, 0.15) is 5.92 Å². The topological polar surface area (TPSA) is 106 Å². The van der Waals surface area contributed by atoms with Gasteiger partial charge >= 0.3 is 0 Å². The number of hydrogen-bond acceptors (Lipinski definition) is 4. The Balaban J connectivity index is 2.79. The van der Waals surface area contributed by atoms with Crippen molar-refractivity contribution in [1.29, 1.82) is 0 Å². The number of nitrogens with one attached hydrogen (secondary N) is 1. The van der Waals surface area contributed by atoms with Crippen molar-refractivity contribution < 1.29 is 10.0 Å². The van der Waals surface area contributed by atoms with Gasteiger partial charge in [-0.3, -0.25) is 9.48 Å². The third-order valence-corrected chi connectivity index (χ3v) is 2.35. The number of aryl methyl sites for hydroxylation is 1. The first-order valence-corrected chi connectivity index (χ1v) is 5.23. The molecule has 0 saturated carbocycles. The van der Waals surface area contributed by atoms with E-state index >= 15 is 0 Å². The number of carbonyl (C=O) groups excluding carboxylic acids is 1. The molecule has 17 heavy (non-hydrogen) atoms. The fourth-order valence-electron chi connectivity index (χ4n) is 1.53. The second-order valence-electron chi connectivity index (χ2n) is 4.11. The lowest BCUT2D eigenvalue weighted by Crippen LogP contribution is -2.38. The third kappa shape index (κ3) is 3.20. The van der Waals surface area contributed by atoms with Crippen molar-refractivity contribution in [3.05, 3.63) is 12.3 Å². The average Bonchev–Trinajstić information content (AvgIpc) is 2.63. The molecule has 1 atom stereocenters. The molecule has 0 fully saturated rings. The summed E-state index contributed by atoms with van der Waals surface area (Å²) in [5.41, 5.74) is 5.49. The quantitative estimate of drug-likeness (QED) is 0.305. The number of amidine groups is 1. The molecule has 0 spiro atoms. The number of rotatable bonds is 4. The predicted octanol–water partition coefficient (Wildman–Crippen LogP) is 0.377. The Morgan fingerprint density at radius 1 is 1.65 bits per heavy atom. The zero-order valence-electron chi connectivity index (χ0n) is 10.1. The van der Waals surface area contributed by atoms with E-state index in [4.69, 9.17) is 10.9 Å². The highest BCUT2D eigenvalue weighted by atomic mass is 16.4. The molecule has 7 heteroatoms.